The van der Waals surface area contributed by atoms with Crippen LogP contribution in [-0.4, -0.2) is 0 Å². The van der Waals surface area contributed by atoms with E-state index in [4.69, 9.17) is 0 Å². The second-order valence-electron chi connectivity index (χ2n) is 3.39. The Morgan fingerprint density at radius 3 is 1.69 bits per heavy atom. The van der Waals surface area contributed by atoms with Crippen LogP contribution >= 0.6 is 0 Å². The Morgan fingerprint density at radius 1 is 0.938 bits per heavy atom. The molecular formula is C15H16Y-2. The Bertz CT molecular complexity index is 314. The molecule has 0 aromatic heterocycles. The molecule has 1 atom stereocenters. The van der Waals surface area contributed by atoms with Crippen molar-refractivity contribution in [3.8, 4) is 0 Å². The molecule has 2 rings (SSSR count). The van der Waals surface area contributed by atoms with Gasteiger partial charge in [-0.05, 0) is 0 Å². The molecule has 0 bridgehead atoms. The smallest absolute Gasteiger partial charge is 0 e. The molecule has 0 fully saturated rings. The van der Waals surface area contributed by atoms with Crippen LogP contribution in [0.4, 0.5) is 0 Å². The minimum Gasteiger partial charge on any atom is -0.336 e. The second-order valence-corrected chi connectivity index (χ2v) is 3.39. The Labute approximate surface area is 124 Å². The van der Waals surface area contributed by atoms with E-state index in [2.05, 4.69) is 32.0 Å². The molecule has 0 spiro atoms. The number of hydrogen-bond acceptors (Lipinski definition) is 0. The van der Waals surface area contributed by atoms with Crippen LogP contribution in [0.2, 0.25) is 0 Å². The largest absolute Gasteiger partial charge is 0.336 e. The minimum atomic E-state index is 0. The van der Waals surface area contributed by atoms with E-state index < -0.39 is 0 Å². The zero-order valence-corrected chi connectivity index (χ0v) is 12.5. The van der Waals surface area contributed by atoms with Gasteiger partial charge in [-0.25, -0.2) is 0 Å². The van der Waals surface area contributed by atoms with Gasteiger partial charge >= 0.3 is 0 Å². The van der Waals surface area contributed by atoms with Gasteiger partial charge in [-0.1, -0.05) is 42.8 Å². The molecule has 0 N–H and O–H groups in total. The summed E-state index contributed by atoms with van der Waals surface area (Å²) in [4.78, 5) is 0. The predicted octanol–water partition coefficient (Wildman–Crippen LogP) is 4.11. The Morgan fingerprint density at radius 2 is 1.44 bits per heavy atom. The van der Waals surface area contributed by atoms with Gasteiger partial charge in [-0.2, -0.15) is 36.4 Å². The maximum atomic E-state index is 3.91. The van der Waals surface area contributed by atoms with Gasteiger partial charge in [-0.3, -0.25) is 0 Å². The third-order valence-corrected chi connectivity index (χ3v) is 1.98. The van der Waals surface area contributed by atoms with Crippen molar-refractivity contribution in [2.75, 3.05) is 0 Å². The van der Waals surface area contributed by atoms with Crippen LogP contribution in [-0.2, 0) is 32.7 Å². The van der Waals surface area contributed by atoms with Crippen molar-refractivity contribution >= 4 is 0 Å². The van der Waals surface area contributed by atoms with Gasteiger partial charge in [-0.15, -0.1) is 5.92 Å². The fourth-order valence-corrected chi connectivity index (χ4v) is 1.12. The monoisotopic (exact) mass is 285 g/mol. The van der Waals surface area contributed by atoms with Crippen LogP contribution in [0.25, 0.3) is 0 Å². The molecule has 0 saturated carbocycles. The molecule has 16 heavy (non-hydrogen) atoms. The molecule has 1 heteroatoms. The fraction of sp³-hybridized carbons (Fsp3) is 0.133. The fourth-order valence-electron chi connectivity index (χ4n) is 1.12. The van der Waals surface area contributed by atoms with E-state index in [0.717, 1.165) is 0 Å². The van der Waals surface area contributed by atoms with Crippen molar-refractivity contribution in [3.05, 3.63) is 79.2 Å². The van der Waals surface area contributed by atoms with Crippen molar-refractivity contribution in [3.63, 3.8) is 0 Å². The molecule has 0 saturated heterocycles. The van der Waals surface area contributed by atoms with E-state index in [9.17, 15) is 0 Å². The first kappa shape index (κ1) is 15.5. The van der Waals surface area contributed by atoms with Crippen molar-refractivity contribution < 1.29 is 32.7 Å². The number of rotatable bonds is 1. The van der Waals surface area contributed by atoms with Crippen LogP contribution in [0.15, 0.2) is 60.7 Å². The standard InChI is InChI=1S/C9H11.C6H5.Y/c1-8(2)9-6-4-3-5-7-9;1-2-4-6-5-3-1;/h3-8H,1H2,2H3;1-5H;/q2*-1;. The second kappa shape index (κ2) is 9.75. The summed E-state index contributed by atoms with van der Waals surface area (Å²) in [6.07, 6.45) is 0. The summed E-state index contributed by atoms with van der Waals surface area (Å²) in [6.45, 7) is 6.00. The molecule has 0 nitrogen and oxygen atoms in total. The average Bonchev–Trinajstić information content (AvgIpc) is 2.33. The van der Waals surface area contributed by atoms with Crippen LogP contribution in [0.1, 0.15) is 18.4 Å². The van der Waals surface area contributed by atoms with Crippen LogP contribution < -0.4 is 0 Å². The van der Waals surface area contributed by atoms with E-state index in [0.29, 0.717) is 5.92 Å². The Balaban J connectivity index is 0.000000283. The third kappa shape index (κ3) is 6.92. The topological polar surface area (TPSA) is 0 Å². The molecule has 1 radical (unpaired) electrons. The molecule has 0 aliphatic heterocycles. The van der Waals surface area contributed by atoms with Gasteiger partial charge in [0.15, 0.2) is 0 Å². The molecular weight excluding hydrogens is 269 g/mol. The first-order valence-corrected chi connectivity index (χ1v) is 5.10. The van der Waals surface area contributed by atoms with Crippen LogP contribution in [0.3, 0.4) is 0 Å². The maximum Gasteiger partial charge on any atom is 0 e. The zero-order valence-electron chi connectivity index (χ0n) is 9.64. The first-order valence-electron chi connectivity index (χ1n) is 5.10. The Hall–Kier alpha value is -0.456. The summed E-state index contributed by atoms with van der Waals surface area (Å²) in [7, 11) is 0. The summed E-state index contributed by atoms with van der Waals surface area (Å²) in [5.74, 6) is 0.409. The third-order valence-electron chi connectivity index (χ3n) is 1.98. The van der Waals surface area contributed by atoms with Crippen LogP contribution in [0, 0.1) is 13.0 Å². The molecule has 1 unspecified atom stereocenters. The van der Waals surface area contributed by atoms with E-state index in [1.165, 1.54) is 5.56 Å². The molecule has 0 aliphatic rings. The Kier molecular flexibility index (Phi) is 9.47. The van der Waals surface area contributed by atoms with Gasteiger partial charge in [0.2, 0.25) is 0 Å². The first-order chi connectivity index (χ1) is 7.30. The van der Waals surface area contributed by atoms with Gasteiger partial charge in [0.25, 0.3) is 0 Å². The summed E-state index contributed by atoms with van der Waals surface area (Å²) in [5.41, 5.74) is 1.30. The summed E-state index contributed by atoms with van der Waals surface area (Å²) >= 11 is 0. The van der Waals surface area contributed by atoms with E-state index >= 15 is 0 Å². The molecule has 0 amide bonds. The molecule has 0 aliphatic carbocycles. The normalized spacial score (nSPS) is 10.4. The van der Waals surface area contributed by atoms with Crippen molar-refractivity contribution in [2.24, 2.45) is 0 Å². The minimum absolute atomic E-state index is 0. The van der Waals surface area contributed by atoms with E-state index in [1.54, 1.807) is 0 Å². The van der Waals surface area contributed by atoms with Gasteiger partial charge < -0.3 is 6.92 Å². The maximum absolute atomic E-state index is 3.91. The molecule has 2 aromatic rings. The van der Waals surface area contributed by atoms with Crippen molar-refractivity contribution in [2.45, 2.75) is 12.8 Å². The summed E-state index contributed by atoms with van der Waals surface area (Å²) in [5, 5.41) is 0. The van der Waals surface area contributed by atoms with Crippen LogP contribution in [0.5, 0.6) is 0 Å². The van der Waals surface area contributed by atoms with E-state index in [1.807, 2.05) is 48.5 Å². The quantitative estimate of drug-likeness (QED) is 0.692. The molecule has 0 heterocycles. The van der Waals surface area contributed by atoms with Gasteiger partial charge in [0.05, 0.1) is 0 Å². The average molecular weight is 285 g/mol. The molecule has 81 valence electrons. The SMILES string of the molecule is [CH2-]C(C)c1ccccc1.[Y].[c-]1ccccc1. The molecule has 2 aromatic carbocycles. The predicted molar refractivity (Wildman–Crippen MR) is 65.5 cm³/mol. The van der Waals surface area contributed by atoms with E-state index in [-0.39, 0.29) is 32.7 Å². The summed E-state index contributed by atoms with van der Waals surface area (Å²) in [6, 6.07) is 22.8. The number of benzene rings is 2. The number of hydrogen-bond donors (Lipinski definition) is 0. The summed E-state index contributed by atoms with van der Waals surface area (Å²) < 4.78 is 0. The van der Waals surface area contributed by atoms with Gasteiger partial charge in [0.1, 0.15) is 0 Å². The van der Waals surface area contributed by atoms with Crippen molar-refractivity contribution in [1.29, 1.82) is 0 Å². The van der Waals surface area contributed by atoms with Gasteiger partial charge in [0, 0.05) is 32.7 Å². The zero-order chi connectivity index (χ0) is 10.9. The van der Waals surface area contributed by atoms with Crippen molar-refractivity contribution in [1.82, 2.24) is 0 Å².